The van der Waals surface area contributed by atoms with Crippen molar-refractivity contribution in [2.75, 3.05) is 19.8 Å². The van der Waals surface area contributed by atoms with Crippen LogP contribution in [0.3, 0.4) is 0 Å². The van der Waals surface area contributed by atoms with Crippen LogP contribution in [0.4, 0.5) is 0 Å². The van der Waals surface area contributed by atoms with E-state index in [1.165, 1.54) is 0 Å². The summed E-state index contributed by atoms with van der Waals surface area (Å²) in [6.07, 6.45) is 2.43. The Hall–Kier alpha value is -1.86. The molecule has 6 nitrogen and oxygen atoms in total. The summed E-state index contributed by atoms with van der Waals surface area (Å²) in [6, 6.07) is 9.62. The lowest BCUT2D eigenvalue weighted by Crippen LogP contribution is -2.51. The maximum Gasteiger partial charge on any atom is 0.258 e. The summed E-state index contributed by atoms with van der Waals surface area (Å²) in [4.78, 5) is 25.1. The average Bonchev–Trinajstić information content (AvgIpc) is 2.75. The van der Waals surface area contributed by atoms with Crippen LogP contribution in [0.1, 0.15) is 40.0 Å². The standard InChI is InChI=1S/C26H30Cl4N2O4/c1-25(2)10-18(32-24(34)13-36-22-7-5-17(28)9-20(22)30)11-26(3,14-25)15-31-23(33)12-35-21-6-4-16(27)8-19(21)29/h4-9,18H,10-15H2,1-3H3,(H,31,33)(H,32,34). The van der Waals surface area contributed by atoms with Gasteiger partial charge in [-0.2, -0.15) is 0 Å². The first-order valence-electron chi connectivity index (χ1n) is 11.6. The number of nitrogens with one attached hydrogen (secondary N) is 2. The second-order valence-electron chi connectivity index (χ2n) is 10.3. The third-order valence-corrected chi connectivity index (χ3v) is 7.09. The predicted octanol–water partition coefficient (Wildman–Crippen LogP) is 6.58. The minimum atomic E-state index is -0.251. The van der Waals surface area contributed by atoms with Crippen molar-refractivity contribution in [3.63, 3.8) is 0 Å². The van der Waals surface area contributed by atoms with E-state index >= 15 is 0 Å². The third kappa shape index (κ3) is 8.62. The number of benzene rings is 2. The second-order valence-corrected chi connectivity index (χ2v) is 12.0. The molecule has 3 rings (SSSR count). The van der Waals surface area contributed by atoms with E-state index in [2.05, 4.69) is 31.4 Å². The maximum atomic E-state index is 12.6. The topological polar surface area (TPSA) is 76.7 Å². The molecular formula is C26H30Cl4N2O4. The van der Waals surface area contributed by atoms with Crippen molar-refractivity contribution in [3.05, 3.63) is 56.5 Å². The number of rotatable bonds is 9. The number of ether oxygens (including phenoxy) is 2. The highest BCUT2D eigenvalue weighted by molar-refractivity contribution is 6.36. The van der Waals surface area contributed by atoms with Crippen molar-refractivity contribution in [2.24, 2.45) is 10.8 Å². The number of halogens is 4. The third-order valence-electron chi connectivity index (χ3n) is 6.03. The Morgan fingerprint density at radius 3 is 1.92 bits per heavy atom. The van der Waals surface area contributed by atoms with Crippen LogP contribution in [-0.4, -0.2) is 37.6 Å². The minimum Gasteiger partial charge on any atom is -0.482 e. The molecule has 0 heterocycles. The van der Waals surface area contributed by atoms with Gasteiger partial charge in [0.2, 0.25) is 0 Å². The Bertz CT molecular complexity index is 1110. The van der Waals surface area contributed by atoms with Gasteiger partial charge < -0.3 is 20.1 Å². The van der Waals surface area contributed by atoms with Crippen molar-refractivity contribution in [1.82, 2.24) is 10.6 Å². The quantitative estimate of drug-likeness (QED) is 0.354. The maximum absolute atomic E-state index is 12.6. The van der Waals surface area contributed by atoms with Crippen molar-refractivity contribution in [2.45, 2.75) is 46.1 Å². The predicted molar refractivity (Wildman–Crippen MR) is 145 cm³/mol. The molecule has 1 aliphatic rings. The van der Waals surface area contributed by atoms with Crippen LogP contribution in [0, 0.1) is 10.8 Å². The molecule has 0 spiro atoms. The van der Waals surface area contributed by atoms with Crippen LogP contribution < -0.4 is 20.1 Å². The summed E-state index contributed by atoms with van der Waals surface area (Å²) in [7, 11) is 0. The lowest BCUT2D eigenvalue weighted by atomic mass is 9.62. The largest absolute Gasteiger partial charge is 0.482 e. The average molecular weight is 576 g/mol. The molecule has 2 atom stereocenters. The van der Waals surface area contributed by atoms with E-state index in [0.29, 0.717) is 44.6 Å². The van der Waals surface area contributed by atoms with E-state index in [1.807, 2.05) is 0 Å². The van der Waals surface area contributed by atoms with Gasteiger partial charge in [0.1, 0.15) is 11.5 Å². The molecule has 0 aliphatic heterocycles. The summed E-state index contributed by atoms with van der Waals surface area (Å²) >= 11 is 24.0. The highest BCUT2D eigenvalue weighted by atomic mass is 35.5. The molecule has 196 valence electrons. The van der Waals surface area contributed by atoms with E-state index in [-0.39, 0.29) is 41.9 Å². The first kappa shape index (κ1) is 28.7. The molecule has 2 N–H and O–H groups in total. The minimum absolute atomic E-state index is 0.0245. The Kier molecular flexibility index (Phi) is 9.67. The van der Waals surface area contributed by atoms with Crippen LogP contribution >= 0.6 is 46.4 Å². The number of carbonyl (C=O) groups excluding carboxylic acids is 2. The molecule has 2 aromatic carbocycles. The zero-order chi connectivity index (χ0) is 26.5. The van der Waals surface area contributed by atoms with Crippen LogP contribution in [-0.2, 0) is 9.59 Å². The van der Waals surface area contributed by atoms with Gasteiger partial charge >= 0.3 is 0 Å². The molecule has 1 saturated carbocycles. The molecule has 2 unspecified atom stereocenters. The van der Waals surface area contributed by atoms with Crippen molar-refractivity contribution in [3.8, 4) is 11.5 Å². The molecule has 0 aromatic heterocycles. The summed E-state index contributed by atoms with van der Waals surface area (Å²) in [5, 5.41) is 7.72. The first-order valence-corrected chi connectivity index (χ1v) is 13.1. The highest BCUT2D eigenvalue weighted by Crippen LogP contribution is 2.45. The molecule has 2 amide bonds. The Balaban J connectivity index is 1.51. The van der Waals surface area contributed by atoms with E-state index in [0.717, 1.165) is 12.8 Å². The molecule has 36 heavy (non-hydrogen) atoms. The fraction of sp³-hybridized carbons (Fsp3) is 0.462. The van der Waals surface area contributed by atoms with Gasteiger partial charge in [0, 0.05) is 22.6 Å². The van der Waals surface area contributed by atoms with Gasteiger partial charge in [-0.1, -0.05) is 67.2 Å². The number of amides is 2. The zero-order valence-corrected chi connectivity index (χ0v) is 23.5. The van der Waals surface area contributed by atoms with Gasteiger partial charge in [-0.05, 0) is 66.5 Å². The van der Waals surface area contributed by atoms with Crippen LogP contribution in [0.2, 0.25) is 20.1 Å². The lowest BCUT2D eigenvalue weighted by Gasteiger charge is -2.47. The smallest absolute Gasteiger partial charge is 0.258 e. The Morgan fingerprint density at radius 1 is 0.861 bits per heavy atom. The lowest BCUT2D eigenvalue weighted by molar-refractivity contribution is -0.126. The van der Waals surface area contributed by atoms with Crippen molar-refractivity contribution < 1.29 is 19.1 Å². The molecule has 2 aromatic rings. The summed E-state index contributed by atoms with van der Waals surface area (Å²) in [5.41, 5.74) is -0.239. The highest BCUT2D eigenvalue weighted by Gasteiger charge is 2.41. The number of hydrogen-bond donors (Lipinski definition) is 2. The van der Waals surface area contributed by atoms with Gasteiger partial charge in [0.15, 0.2) is 13.2 Å². The first-order chi connectivity index (χ1) is 16.8. The fourth-order valence-electron chi connectivity index (χ4n) is 4.97. The summed E-state index contributed by atoms with van der Waals surface area (Å²) in [5.74, 6) is 0.309. The molecule has 10 heteroatoms. The molecule has 0 radical (unpaired) electrons. The van der Waals surface area contributed by atoms with Gasteiger partial charge in [0.05, 0.1) is 10.0 Å². The van der Waals surface area contributed by atoms with E-state index in [9.17, 15) is 9.59 Å². The molecule has 0 bridgehead atoms. The fourth-order valence-corrected chi connectivity index (χ4v) is 5.90. The Morgan fingerprint density at radius 2 is 1.39 bits per heavy atom. The van der Waals surface area contributed by atoms with Gasteiger partial charge in [-0.15, -0.1) is 0 Å². The monoisotopic (exact) mass is 574 g/mol. The summed E-state index contributed by atoms with van der Waals surface area (Å²) in [6.45, 7) is 6.59. The summed E-state index contributed by atoms with van der Waals surface area (Å²) < 4.78 is 11.1. The van der Waals surface area contributed by atoms with Gasteiger partial charge in [0.25, 0.3) is 11.8 Å². The van der Waals surface area contributed by atoms with E-state index in [1.54, 1.807) is 36.4 Å². The number of hydrogen-bond acceptors (Lipinski definition) is 4. The van der Waals surface area contributed by atoms with Crippen LogP contribution in [0.15, 0.2) is 36.4 Å². The van der Waals surface area contributed by atoms with Crippen LogP contribution in [0.5, 0.6) is 11.5 Å². The molecule has 1 aliphatic carbocycles. The molecule has 0 saturated heterocycles. The second kappa shape index (κ2) is 12.1. The normalized spacial score (nSPS) is 20.9. The van der Waals surface area contributed by atoms with E-state index < -0.39 is 0 Å². The number of carbonyl (C=O) groups is 2. The van der Waals surface area contributed by atoms with Crippen LogP contribution in [0.25, 0.3) is 0 Å². The Labute approximate surface area is 231 Å². The van der Waals surface area contributed by atoms with Crippen molar-refractivity contribution in [1.29, 1.82) is 0 Å². The molecular weight excluding hydrogens is 546 g/mol. The van der Waals surface area contributed by atoms with Crippen molar-refractivity contribution >= 4 is 58.2 Å². The SMILES string of the molecule is CC1(C)CC(NC(=O)COc2ccc(Cl)cc2Cl)CC(C)(CNC(=O)COc2ccc(Cl)cc2Cl)C1. The molecule has 1 fully saturated rings. The zero-order valence-electron chi connectivity index (χ0n) is 20.4. The van der Waals surface area contributed by atoms with Gasteiger partial charge in [-0.25, -0.2) is 0 Å². The van der Waals surface area contributed by atoms with E-state index in [4.69, 9.17) is 55.9 Å². The van der Waals surface area contributed by atoms with Gasteiger partial charge in [-0.3, -0.25) is 9.59 Å².